The lowest BCUT2D eigenvalue weighted by Gasteiger charge is -2.03. The normalized spacial score (nSPS) is 10.7. The summed E-state index contributed by atoms with van der Waals surface area (Å²) in [7, 11) is 1.77. The molecule has 0 bridgehead atoms. The van der Waals surface area contributed by atoms with E-state index in [1.54, 1.807) is 22.7 Å². The molecule has 0 spiro atoms. The van der Waals surface area contributed by atoms with Gasteiger partial charge in [0.25, 0.3) is 0 Å². The van der Waals surface area contributed by atoms with Gasteiger partial charge in [-0.25, -0.2) is 4.68 Å². The maximum absolute atomic E-state index is 5.86. The molecular weight excluding hydrogens is 208 g/mol. The summed E-state index contributed by atoms with van der Waals surface area (Å²) >= 11 is 0. The van der Waals surface area contributed by atoms with E-state index >= 15 is 0 Å². The Balaban J connectivity index is 2.33. The molecule has 0 amide bonds. The highest BCUT2D eigenvalue weighted by molar-refractivity contribution is 5.53. The fourth-order valence-corrected chi connectivity index (χ4v) is 1.35. The van der Waals surface area contributed by atoms with E-state index in [4.69, 9.17) is 10.5 Å². The van der Waals surface area contributed by atoms with Crippen LogP contribution in [-0.4, -0.2) is 24.5 Å². The molecule has 2 rings (SSSR count). The molecule has 7 nitrogen and oxygen atoms in total. The van der Waals surface area contributed by atoms with E-state index in [2.05, 4.69) is 15.2 Å². The number of aryl methyl sites for hydroxylation is 3. The van der Waals surface area contributed by atoms with Crippen LogP contribution in [0.3, 0.4) is 0 Å². The molecule has 0 fully saturated rings. The number of nitrogens with two attached hydrogens (primary N) is 1. The van der Waals surface area contributed by atoms with Crippen LogP contribution in [0.2, 0.25) is 0 Å². The Labute approximate surface area is 92.8 Å². The van der Waals surface area contributed by atoms with Crippen molar-refractivity contribution in [2.45, 2.75) is 20.4 Å². The Hall–Kier alpha value is -2.05. The summed E-state index contributed by atoms with van der Waals surface area (Å²) in [5.41, 5.74) is 7.13. The summed E-state index contributed by atoms with van der Waals surface area (Å²) in [6, 6.07) is 0.267. The molecule has 0 saturated heterocycles. The number of hydrogen-bond acceptors (Lipinski definition) is 5. The Morgan fingerprint density at radius 1 is 1.44 bits per heavy atom. The van der Waals surface area contributed by atoms with Gasteiger partial charge in [0.05, 0.1) is 5.69 Å². The third kappa shape index (κ3) is 1.71. The molecule has 0 atom stereocenters. The molecule has 7 heteroatoms. The average Bonchev–Trinajstić information content (AvgIpc) is 2.77. The monoisotopic (exact) mass is 222 g/mol. The fourth-order valence-electron chi connectivity index (χ4n) is 1.35. The zero-order chi connectivity index (χ0) is 11.7. The molecule has 0 aliphatic rings. The van der Waals surface area contributed by atoms with Gasteiger partial charge in [-0.2, -0.15) is 10.1 Å². The topological polar surface area (TPSA) is 83.8 Å². The Morgan fingerprint density at radius 3 is 2.75 bits per heavy atom. The number of nitrogen functional groups attached to an aromatic ring is 1. The summed E-state index contributed by atoms with van der Waals surface area (Å²) in [5, 5.41) is 8.25. The minimum absolute atomic E-state index is 0.267. The van der Waals surface area contributed by atoms with Crippen LogP contribution in [0.15, 0.2) is 6.33 Å². The van der Waals surface area contributed by atoms with E-state index in [9.17, 15) is 0 Å². The van der Waals surface area contributed by atoms with Gasteiger partial charge < -0.3 is 10.5 Å². The minimum atomic E-state index is 0.267. The highest BCUT2D eigenvalue weighted by Gasteiger charge is 2.15. The second-order valence-corrected chi connectivity index (χ2v) is 3.42. The van der Waals surface area contributed by atoms with E-state index in [0.29, 0.717) is 18.1 Å². The Morgan fingerprint density at radius 2 is 2.19 bits per heavy atom. The summed E-state index contributed by atoms with van der Waals surface area (Å²) in [4.78, 5) is 3.97. The largest absolute Gasteiger partial charge is 0.402 e. The minimum Gasteiger partial charge on any atom is -0.402 e. The van der Waals surface area contributed by atoms with Crippen molar-refractivity contribution in [1.82, 2.24) is 24.5 Å². The zero-order valence-electron chi connectivity index (χ0n) is 9.51. The first-order valence-electron chi connectivity index (χ1n) is 4.98. The van der Waals surface area contributed by atoms with Gasteiger partial charge in [-0.1, -0.05) is 0 Å². The van der Waals surface area contributed by atoms with Gasteiger partial charge in [-0.05, 0) is 13.8 Å². The number of hydrogen-bond donors (Lipinski definition) is 1. The molecule has 0 aromatic carbocycles. The average molecular weight is 222 g/mol. The molecule has 0 saturated carbocycles. The van der Waals surface area contributed by atoms with Crippen LogP contribution in [0.4, 0.5) is 5.69 Å². The third-order valence-corrected chi connectivity index (χ3v) is 2.19. The van der Waals surface area contributed by atoms with Crippen molar-refractivity contribution in [3.05, 3.63) is 12.0 Å². The lowest BCUT2D eigenvalue weighted by atomic mass is 10.4. The first-order valence-corrected chi connectivity index (χ1v) is 4.98. The molecule has 2 aromatic heterocycles. The van der Waals surface area contributed by atoms with Crippen molar-refractivity contribution in [1.29, 1.82) is 0 Å². The lowest BCUT2D eigenvalue weighted by molar-refractivity contribution is 0.388. The fraction of sp³-hybridized carbons (Fsp3) is 0.444. The SMILES string of the molecule is CCn1nc(C)c(N)c1Oc1ncn(C)n1. The van der Waals surface area contributed by atoms with Gasteiger partial charge in [0.15, 0.2) is 0 Å². The van der Waals surface area contributed by atoms with Gasteiger partial charge in [0.2, 0.25) is 5.88 Å². The van der Waals surface area contributed by atoms with Crippen LogP contribution in [0.1, 0.15) is 12.6 Å². The van der Waals surface area contributed by atoms with Crippen molar-refractivity contribution < 1.29 is 4.74 Å². The van der Waals surface area contributed by atoms with Crippen LogP contribution in [0.5, 0.6) is 11.9 Å². The predicted molar refractivity (Wildman–Crippen MR) is 58.1 cm³/mol. The number of aromatic nitrogens is 5. The third-order valence-electron chi connectivity index (χ3n) is 2.19. The number of nitrogens with zero attached hydrogens (tertiary/aromatic N) is 5. The molecule has 0 unspecified atom stereocenters. The smallest absolute Gasteiger partial charge is 0.342 e. The highest BCUT2D eigenvalue weighted by atomic mass is 16.5. The first-order chi connectivity index (χ1) is 7.61. The van der Waals surface area contributed by atoms with Crippen LogP contribution < -0.4 is 10.5 Å². The standard InChI is InChI=1S/C9H14N6O/c1-4-15-8(7(10)6(2)12-15)16-9-11-5-14(3)13-9/h5H,4,10H2,1-3H3. The van der Waals surface area contributed by atoms with E-state index in [1.165, 1.54) is 0 Å². The molecule has 0 aliphatic carbocycles. The van der Waals surface area contributed by atoms with Gasteiger partial charge in [-0.15, -0.1) is 5.10 Å². The predicted octanol–water partition coefficient (Wildman–Crippen LogP) is 0.714. The maximum Gasteiger partial charge on any atom is 0.342 e. The van der Waals surface area contributed by atoms with Gasteiger partial charge in [0, 0.05) is 13.6 Å². The lowest BCUT2D eigenvalue weighted by Crippen LogP contribution is -2.01. The molecule has 0 aliphatic heterocycles. The van der Waals surface area contributed by atoms with Crippen molar-refractivity contribution in [2.24, 2.45) is 7.05 Å². The van der Waals surface area contributed by atoms with E-state index < -0.39 is 0 Å². The summed E-state index contributed by atoms with van der Waals surface area (Å²) in [6.07, 6.45) is 1.56. The molecule has 2 aromatic rings. The molecule has 2 N–H and O–H groups in total. The van der Waals surface area contributed by atoms with Crippen LogP contribution in [0.25, 0.3) is 0 Å². The zero-order valence-corrected chi connectivity index (χ0v) is 9.51. The molecular formula is C9H14N6O. The van der Waals surface area contributed by atoms with Crippen molar-refractivity contribution in [3.63, 3.8) is 0 Å². The summed E-state index contributed by atoms with van der Waals surface area (Å²) in [5.74, 6) is 0.492. The maximum atomic E-state index is 5.86. The van der Waals surface area contributed by atoms with E-state index in [1.807, 2.05) is 13.8 Å². The Bertz CT molecular complexity index is 500. The van der Waals surface area contributed by atoms with Gasteiger partial charge in [0.1, 0.15) is 12.0 Å². The molecule has 0 radical (unpaired) electrons. The van der Waals surface area contributed by atoms with Crippen molar-refractivity contribution in [2.75, 3.05) is 5.73 Å². The molecule has 86 valence electrons. The second-order valence-electron chi connectivity index (χ2n) is 3.42. The van der Waals surface area contributed by atoms with Gasteiger partial charge >= 0.3 is 6.01 Å². The Kier molecular flexibility index (Phi) is 2.51. The van der Waals surface area contributed by atoms with Gasteiger partial charge in [-0.3, -0.25) is 4.68 Å². The van der Waals surface area contributed by atoms with E-state index in [0.717, 1.165) is 5.69 Å². The molecule has 16 heavy (non-hydrogen) atoms. The van der Waals surface area contributed by atoms with Crippen molar-refractivity contribution >= 4 is 5.69 Å². The first kappa shape index (κ1) is 10.5. The highest BCUT2D eigenvalue weighted by Crippen LogP contribution is 2.27. The number of rotatable bonds is 3. The number of ether oxygens (including phenoxy) is 1. The van der Waals surface area contributed by atoms with Crippen LogP contribution in [-0.2, 0) is 13.6 Å². The quantitative estimate of drug-likeness (QED) is 0.827. The van der Waals surface area contributed by atoms with Crippen molar-refractivity contribution in [3.8, 4) is 11.9 Å². The summed E-state index contributed by atoms with van der Waals surface area (Å²) in [6.45, 7) is 4.48. The number of anilines is 1. The van der Waals surface area contributed by atoms with Crippen LogP contribution in [0, 0.1) is 6.92 Å². The summed E-state index contributed by atoms with van der Waals surface area (Å²) < 4.78 is 8.75. The molecule has 2 heterocycles. The van der Waals surface area contributed by atoms with Crippen LogP contribution >= 0.6 is 0 Å². The van der Waals surface area contributed by atoms with E-state index in [-0.39, 0.29) is 6.01 Å². The second kappa shape index (κ2) is 3.84.